The van der Waals surface area contributed by atoms with Gasteiger partial charge in [0.15, 0.2) is 0 Å². The molecule has 0 saturated carbocycles. The van der Waals surface area contributed by atoms with Crippen molar-refractivity contribution in [2.45, 2.75) is 6.42 Å². The van der Waals surface area contributed by atoms with E-state index < -0.39 is 20.8 Å². The van der Waals surface area contributed by atoms with Crippen LogP contribution in [-0.4, -0.2) is 0 Å². The topological polar surface area (TPSA) is 0 Å². The summed E-state index contributed by atoms with van der Waals surface area (Å²) >= 11 is -0.826. The number of hydrogen-bond donors (Lipinski definition) is 0. The van der Waals surface area contributed by atoms with Gasteiger partial charge in [-0.05, 0) is 6.42 Å². The zero-order valence-corrected chi connectivity index (χ0v) is 9.24. The second-order valence-electron chi connectivity index (χ2n) is 1.16. The van der Waals surface area contributed by atoms with E-state index in [2.05, 4.69) is 24.3 Å². The number of halogens is 2. The van der Waals surface area contributed by atoms with Gasteiger partial charge in [-0.2, -0.15) is 0 Å². The van der Waals surface area contributed by atoms with Crippen LogP contribution >= 0.6 is 17.0 Å². The summed E-state index contributed by atoms with van der Waals surface area (Å²) in [5.74, 6) is 0. The van der Waals surface area contributed by atoms with E-state index in [9.17, 15) is 0 Å². The van der Waals surface area contributed by atoms with Gasteiger partial charge in [0.25, 0.3) is 0 Å². The van der Waals surface area contributed by atoms with E-state index in [0.29, 0.717) is 0 Å². The maximum atomic E-state index is 4.93. The normalized spacial score (nSPS) is 11.3. The third-order valence-corrected chi connectivity index (χ3v) is 0.655. The van der Waals surface area contributed by atoms with E-state index in [-0.39, 0.29) is 7.43 Å². The molecular formula is C6H9Cl2Zr-. The van der Waals surface area contributed by atoms with Gasteiger partial charge in [-0.25, -0.2) is 0 Å². The fraction of sp³-hybridized carbons (Fsp3) is 0.167. The Balaban J connectivity index is 0. The average Bonchev–Trinajstić information content (AvgIpc) is 2.17. The van der Waals surface area contributed by atoms with Crippen LogP contribution in [0.3, 0.4) is 0 Å². The van der Waals surface area contributed by atoms with Crippen LogP contribution in [0.1, 0.15) is 6.42 Å². The summed E-state index contributed by atoms with van der Waals surface area (Å²) in [6.07, 6.45) is 9.50. The summed E-state index contributed by atoms with van der Waals surface area (Å²) in [4.78, 5) is 0. The molecule has 0 spiro atoms. The fourth-order valence-electron chi connectivity index (χ4n) is 0.393. The Kier molecular flexibility index (Phi) is 16.4. The van der Waals surface area contributed by atoms with E-state index in [1.54, 1.807) is 0 Å². The van der Waals surface area contributed by atoms with E-state index in [1.165, 1.54) is 0 Å². The average molecular weight is 243 g/mol. The third kappa shape index (κ3) is 12.2. The first-order chi connectivity index (χ1) is 3.91. The first-order valence-corrected chi connectivity index (χ1v) is 8.52. The van der Waals surface area contributed by atoms with E-state index >= 15 is 0 Å². The molecular weight excluding hydrogens is 234 g/mol. The molecule has 0 nitrogen and oxygen atoms in total. The molecule has 0 bridgehead atoms. The Hall–Kier alpha value is 0.943. The molecule has 0 heterocycles. The zero-order chi connectivity index (χ0) is 6.24. The van der Waals surface area contributed by atoms with Gasteiger partial charge in [-0.3, -0.25) is 0 Å². The van der Waals surface area contributed by atoms with E-state index in [0.717, 1.165) is 6.42 Å². The molecule has 0 amide bonds. The molecule has 1 aliphatic carbocycles. The zero-order valence-electron chi connectivity index (χ0n) is 5.27. The summed E-state index contributed by atoms with van der Waals surface area (Å²) < 4.78 is 0. The van der Waals surface area contributed by atoms with Crippen molar-refractivity contribution >= 4 is 17.0 Å². The predicted molar refractivity (Wildman–Crippen MR) is 41.0 cm³/mol. The molecule has 0 radical (unpaired) electrons. The van der Waals surface area contributed by atoms with Gasteiger partial charge < -0.3 is 7.43 Å². The standard InChI is InChI=1S/C5H6.CH3.2ClH.Zr/c1-2-4-5-3-1;;;;/h1-4H,5H2;1H3;2*1H;/q;-1;;;+2/p-2. The molecule has 0 aromatic heterocycles. The minimum atomic E-state index is -0.826. The van der Waals surface area contributed by atoms with Crippen molar-refractivity contribution in [1.82, 2.24) is 0 Å². The quantitative estimate of drug-likeness (QED) is 0.572. The second kappa shape index (κ2) is 11.7. The van der Waals surface area contributed by atoms with E-state index in [1.807, 2.05) is 0 Å². The molecule has 0 N–H and O–H groups in total. The van der Waals surface area contributed by atoms with Crippen LogP contribution < -0.4 is 0 Å². The Morgan fingerprint density at radius 2 is 1.44 bits per heavy atom. The molecule has 9 heavy (non-hydrogen) atoms. The summed E-state index contributed by atoms with van der Waals surface area (Å²) in [7, 11) is 9.87. The maximum absolute atomic E-state index is 4.93. The van der Waals surface area contributed by atoms with E-state index in [4.69, 9.17) is 17.0 Å². The van der Waals surface area contributed by atoms with Crippen molar-refractivity contribution in [3.63, 3.8) is 0 Å². The third-order valence-electron chi connectivity index (χ3n) is 0.655. The van der Waals surface area contributed by atoms with Crippen LogP contribution in [-0.2, 0) is 20.8 Å². The Bertz CT molecular complexity index is 79.1. The van der Waals surface area contributed by atoms with Crippen molar-refractivity contribution in [3.8, 4) is 0 Å². The van der Waals surface area contributed by atoms with Gasteiger partial charge in [0.05, 0.1) is 0 Å². The van der Waals surface area contributed by atoms with Gasteiger partial charge in [-0.15, -0.1) is 0 Å². The van der Waals surface area contributed by atoms with Crippen molar-refractivity contribution < 1.29 is 20.8 Å². The Labute approximate surface area is 75.6 Å². The fourth-order valence-corrected chi connectivity index (χ4v) is 0.393. The monoisotopic (exact) mass is 241 g/mol. The minimum absolute atomic E-state index is 0. The summed E-state index contributed by atoms with van der Waals surface area (Å²) in [5.41, 5.74) is 0. The van der Waals surface area contributed by atoms with Crippen LogP contribution in [0.2, 0.25) is 0 Å². The second-order valence-corrected chi connectivity index (χ2v) is 4.90. The molecule has 0 saturated heterocycles. The van der Waals surface area contributed by atoms with Crippen LogP contribution in [0.15, 0.2) is 24.3 Å². The summed E-state index contributed by atoms with van der Waals surface area (Å²) in [6.45, 7) is 0. The molecule has 52 valence electrons. The van der Waals surface area contributed by atoms with Gasteiger partial charge in [-0.1, -0.05) is 24.3 Å². The summed E-state index contributed by atoms with van der Waals surface area (Å²) in [5, 5.41) is 0. The van der Waals surface area contributed by atoms with Crippen LogP contribution in [0, 0.1) is 7.43 Å². The molecule has 1 rings (SSSR count). The Morgan fingerprint density at radius 3 is 1.56 bits per heavy atom. The molecule has 1 aliphatic rings. The van der Waals surface area contributed by atoms with Gasteiger partial charge in [0.1, 0.15) is 0 Å². The number of allylic oxidation sites excluding steroid dienone is 4. The molecule has 0 aromatic carbocycles. The predicted octanol–water partition coefficient (Wildman–Crippen LogP) is 3.33. The molecule has 0 aromatic rings. The van der Waals surface area contributed by atoms with Crippen molar-refractivity contribution in [2.75, 3.05) is 0 Å². The number of hydrogen-bond acceptors (Lipinski definition) is 0. The van der Waals surface area contributed by atoms with Crippen LogP contribution in [0.5, 0.6) is 0 Å². The van der Waals surface area contributed by atoms with Crippen LogP contribution in [0.25, 0.3) is 0 Å². The Morgan fingerprint density at radius 1 is 1.11 bits per heavy atom. The molecule has 3 heteroatoms. The molecule has 0 aliphatic heterocycles. The van der Waals surface area contributed by atoms with Crippen molar-refractivity contribution in [2.24, 2.45) is 0 Å². The molecule has 0 unspecified atom stereocenters. The first-order valence-electron chi connectivity index (χ1n) is 2.19. The number of rotatable bonds is 0. The van der Waals surface area contributed by atoms with Gasteiger partial charge >= 0.3 is 37.9 Å². The SMILES string of the molecule is C1=CCC=C1.[CH3-].[Cl][Zr][Cl]. The first kappa shape index (κ1) is 12.6. The van der Waals surface area contributed by atoms with Gasteiger partial charge in [0.2, 0.25) is 0 Å². The molecule has 0 atom stereocenters. The summed E-state index contributed by atoms with van der Waals surface area (Å²) in [6, 6.07) is 0. The van der Waals surface area contributed by atoms with Crippen LogP contribution in [0.4, 0.5) is 0 Å². The van der Waals surface area contributed by atoms with Gasteiger partial charge in [0, 0.05) is 0 Å². The van der Waals surface area contributed by atoms with Crippen molar-refractivity contribution in [3.05, 3.63) is 31.7 Å². The molecule has 0 fully saturated rings. The van der Waals surface area contributed by atoms with Crippen molar-refractivity contribution in [1.29, 1.82) is 0 Å².